The molecule has 0 amide bonds. The molecule has 0 saturated carbocycles. The maximum Gasteiger partial charge on any atom is 0.416 e. The summed E-state index contributed by atoms with van der Waals surface area (Å²) in [5.74, 6) is 0. The van der Waals surface area contributed by atoms with Crippen LogP contribution in [0.2, 0.25) is 0 Å². The summed E-state index contributed by atoms with van der Waals surface area (Å²) >= 11 is 0. The van der Waals surface area contributed by atoms with Gasteiger partial charge in [-0.1, -0.05) is 91.0 Å². The fourth-order valence-corrected chi connectivity index (χ4v) is 11.4. The molecule has 7 aromatic rings. The summed E-state index contributed by atoms with van der Waals surface area (Å²) in [5.41, 5.74) is -0.247. The van der Waals surface area contributed by atoms with Crippen LogP contribution in [0.3, 0.4) is 0 Å². The third kappa shape index (κ3) is 7.41. The summed E-state index contributed by atoms with van der Waals surface area (Å²) in [6, 6.07) is 45.9. The predicted octanol–water partition coefficient (Wildman–Crippen LogP) is 12.4. The van der Waals surface area contributed by atoms with Crippen molar-refractivity contribution >= 4 is 28.5 Å². The fraction of sp³-hybridized carbons (Fsp3) is 0.0667. The van der Waals surface area contributed by atoms with Gasteiger partial charge in [-0.2, -0.15) is 39.5 Å². The van der Waals surface area contributed by atoms with Crippen LogP contribution in [0.4, 0.5) is 39.5 Å². The molecular formula is C45H29F9P+. The van der Waals surface area contributed by atoms with E-state index in [1.54, 1.807) is 6.07 Å². The third-order valence-electron chi connectivity index (χ3n) is 9.48. The van der Waals surface area contributed by atoms with E-state index in [4.69, 9.17) is 0 Å². The van der Waals surface area contributed by atoms with E-state index in [0.29, 0.717) is 38.7 Å². The van der Waals surface area contributed by atoms with Crippen LogP contribution in [0.1, 0.15) is 16.7 Å². The van der Waals surface area contributed by atoms with E-state index < -0.39 is 42.5 Å². The van der Waals surface area contributed by atoms with Crippen molar-refractivity contribution in [3.05, 3.63) is 193 Å². The molecule has 0 heterocycles. The average Bonchev–Trinajstić information content (AvgIpc) is 3.18. The third-order valence-corrected chi connectivity index (χ3v) is 13.8. The van der Waals surface area contributed by atoms with Crippen LogP contribution < -0.4 is 21.2 Å². The Hall–Kier alpha value is -5.66. The second-order valence-electron chi connectivity index (χ2n) is 12.8. The largest absolute Gasteiger partial charge is 0.416 e. The van der Waals surface area contributed by atoms with Gasteiger partial charge in [0.25, 0.3) is 0 Å². The molecule has 0 bridgehead atoms. The molecule has 10 heteroatoms. The maximum atomic E-state index is 13.9. The number of hydrogen-bond acceptors (Lipinski definition) is 0. The Kier molecular flexibility index (Phi) is 9.95. The Balaban J connectivity index is 1.68. The van der Waals surface area contributed by atoms with Crippen molar-refractivity contribution in [1.82, 2.24) is 0 Å². The normalized spacial score (nSPS) is 12.5. The Labute approximate surface area is 311 Å². The van der Waals surface area contributed by atoms with Crippen LogP contribution in [0, 0.1) is 0 Å². The summed E-state index contributed by atoms with van der Waals surface area (Å²) in [4.78, 5) is 0. The molecule has 0 N–H and O–H groups in total. The molecule has 276 valence electrons. The molecule has 0 fully saturated rings. The lowest BCUT2D eigenvalue weighted by molar-refractivity contribution is -0.138. The van der Waals surface area contributed by atoms with E-state index in [9.17, 15) is 39.5 Å². The van der Waals surface area contributed by atoms with Crippen molar-refractivity contribution in [1.29, 1.82) is 0 Å². The first-order valence-electron chi connectivity index (χ1n) is 16.9. The lowest BCUT2D eigenvalue weighted by atomic mass is 9.90. The summed E-state index contributed by atoms with van der Waals surface area (Å²) in [5, 5.41) is 3.23. The number of hydrogen-bond donors (Lipinski definition) is 0. The second-order valence-corrected chi connectivity index (χ2v) is 16.2. The van der Waals surface area contributed by atoms with Gasteiger partial charge in [0.2, 0.25) is 0 Å². The van der Waals surface area contributed by atoms with Crippen molar-refractivity contribution in [3.8, 4) is 33.4 Å². The van der Waals surface area contributed by atoms with Crippen molar-refractivity contribution in [2.24, 2.45) is 0 Å². The lowest BCUT2D eigenvalue weighted by Crippen LogP contribution is -2.39. The number of halogens is 9. The first-order valence-corrected chi connectivity index (χ1v) is 18.7. The van der Waals surface area contributed by atoms with Gasteiger partial charge in [-0.3, -0.25) is 0 Å². The lowest BCUT2D eigenvalue weighted by Gasteiger charge is -2.31. The monoisotopic (exact) mass is 771 g/mol. The summed E-state index contributed by atoms with van der Waals surface area (Å²) in [7, 11) is -3.10. The fourth-order valence-electron chi connectivity index (χ4n) is 6.92. The van der Waals surface area contributed by atoms with Gasteiger partial charge in [-0.25, -0.2) is 0 Å². The van der Waals surface area contributed by atoms with Crippen molar-refractivity contribution < 1.29 is 39.5 Å². The van der Waals surface area contributed by atoms with Gasteiger partial charge >= 0.3 is 18.5 Å². The minimum atomic E-state index is -4.64. The molecule has 0 nitrogen and oxygen atoms in total. The van der Waals surface area contributed by atoms with Crippen LogP contribution in [-0.4, -0.2) is 0 Å². The Bertz CT molecular complexity index is 2290. The van der Waals surface area contributed by atoms with E-state index in [1.807, 2.05) is 97.1 Å². The molecule has 0 aliphatic heterocycles. The van der Waals surface area contributed by atoms with E-state index in [0.717, 1.165) is 52.3 Å². The predicted molar refractivity (Wildman–Crippen MR) is 203 cm³/mol. The first kappa shape index (κ1) is 37.6. The van der Waals surface area contributed by atoms with Gasteiger partial charge in [-0.05, 0) is 113 Å². The van der Waals surface area contributed by atoms with Gasteiger partial charge < -0.3 is 0 Å². The van der Waals surface area contributed by atoms with Crippen LogP contribution in [-0.2, 0) is 18.5 Å². The Morgan fingerprint density at radius 1 is 0.309 bits per heavy atom. The molecule has 0 unspecified atom stereocenters. The zero-order valence-electron chi connectivity index (χ0n) is 28.6. The highest BCUT2D eigenvalue weighted by molar-refractivity contribution is 8.01. The molecule has 0 spiro atoms. The number of rotatable bonds is 7. The number of alkyl halides is 9. The zero-order chi connectivity index (χ0) is 39.0. The van der Waals surface area contributed by atoms with E-state index >= 15 is 0 Å². The van der Waals surface area contributed by atoms with Gasteiger partial charge in [0, 0.05) is 5.56 Å². The second kappa shape index (κ2) is 14.5. The molecule has 0 radical (unpaired) electrons. The van der Waals surface area contributed by atoms with E-state index in [-0.39, 0.29) is 0 Å². The molecule has 0 aliphatic carbocycles. The molecular weight excluding hydrogens is 742 g/mol. The van der Waals surface area contributed by atoms with Crippen LogP contribution in [0.15, 0.2) is 176 Å². The topological polar surface area (TPSA) is 0 Å². The molecule has 0 aliphatic rings. The highest BCUT2D eigenvalue weighted by Crippen LogP contribution is 2.58. The van der Waals surface area contributed by atoms with Crippen molar-refractivity contribution in [2.45, 2.75) is 18.5 Å². The Morgan fingerprint density at radius 3 is 0.982 bits per heavy atom. The zero-order valence-corrected chi connectivity index (χ0v) is 29.5. The Morgan fingerprint density at radius 2 is 0.636 bits per heavy atom. The van der Waals surface area contributed by atoms with Gasteiger partial charge in [0.15, 0.2) is 0 Å². The van der Waals surface area contributed by atoms with Crippen molar-refractivity contribution in [3.63, 3.8) is 0 Å². The first-order chi connectivity index (χ1) is 26.2. The summed E-state index contributed by atoms with van der Waals surface area (Å²) in [6.07, 6.45) is -13.9. The molecule has 55 heavy (non-hydrogen) atoms. The highest BCUT2D eigenvalue weighted by Gasteiger charge is 2.50. The molecule has 0 saturated heterocycles. The van der Waals surface area contributed by atoms with Gasteiger partial charge in [-0.15, -0.1) is 0 Å². The molecule has 0 aromatic heterocycles. The van der Waals surface area contributed by atoms with Crippen LogP contribution in [0.5, 0.6) is 0 Å². The standard InChI is InChI=1S/C45H29F9P/c46-43(47,48)34-22-16-30(17-23-34)33-28-40(31-18-24-35(25-19-31)44(49,50)51)42(32-20-26-36(27-21-32)45(52,53)54)41(29-33)55(37-10-4-1-5-11-37,38-12-6-2-7-13-38)39-14-8-3-9-15-39/h1-29H/q+1. The average molecular weight is 772 g/mol. The van der Waals surface area contributed by atoms with E-state index in [1.165, 1.54) is 36.4 Å². The van der Waals surface area contributed by atoms with Crippen molar-refractivity contribution in [2.75, 3.05) is 0 Å². The minimum absolute atomic E-state index is 0.324. The van der Waals surface area contributed by atoms with Crippen LogP contribution in [0.25, 0.3) is 33.4 Å². The molecule has 0 atom stereocenters. The smallest absolute Gasteiger partial charge is 0.166 e. The summed E-state index contributed by atoms with van der Waals surface area (Å²) < 4.78 is 124. The SMILES string of the molecule is FC(F)(F)c1ccc(-c2cc(-c3ccc(C(F)(F)F)cc3)c(-c3ccc(C(F)(F)F)cc3)c([P+](c3ccccc3)(c3ccccc3)c3ccccc3)c2)cc1. The number of benzene rings is 7. The minimum Gasteiger partial charge on any atom is -0.166 e. The maximum absolute atomic E-state index is 13.9. The quantitative estimate of drug-likeness (QED) is 0.112. The summed E-state index contributed by atoms with van der Waals surface area (Å²) in [6.45, 7) is 0. The van der Waals surface area contributed by atoms with Gasteiger partial charge in [0.05, 0.1) is 16.7 Å². The van der Waals surface area contributed by atoms with E-state index in [2.05, 4.69) is 0 Å². The van der Waals surface area contributed by atoms with Crippen LogP contribution >= 0.6 is 7.26 Å². The highest BCUT2D eigenvalue weighted by atomic mass is 31.2. The van der Waals surface area contributed by atoms with Gasteiger partial charge in [0.1, 0.15) is 28.5 Å². The molecule has 7 aromatic carbocycles. The molecule has 7 rings (SSSR count).